The van der Waals surface area contributed by atoms with Gasteiger partial charge in [-0.3, -0.25) is 4.79 Å². The van der Waals surface area contributed by atoms with E-state index in [0.717, 1.165) is 44.1 Å². The van der Waals surface area contributed by atoms with Crippen molar-refractivity contribution in [2.24, 2.45) is 0 Å². The van der Waals surface area contributed by atoms with E-state index in [1.165, 1.54) is 25.3 Å². The third-order valence-electron chi connectivity index (χ3n) is 6.33. The Kier molecular flexibility index (Phi) is 5.69. The molecule has 4 rings (SSSR count). The average Bonchev–Trinajstić information content (AvgIpc) is 2.94. The molecule has 2 unspecified atom stereocenters. The zero-order chi connectivity index (χ0) is 16.6. The molecule has 2 saturated heterocycles. The second kappa shape index (κ2) is 7.63. The maximum Gasteiger partial charge on any atom is 0.230 e. The predicted octanol–water partition coefficient (Wildman–Crippen LogP) is 3.85. The Morgan fingerprint density at radius 2 is 1.80 bits per heavy atom. The van der Waals surface area contributed by atoms with Gasteiger partial charge in [0.05, 0.1) is 5.41 Å². The van der Waals surface area contributed by atoms with Crippen LogP contribution in [-0.4, -0.2) is 24.0 Å². The largest absolute Gasteiger partial charge is 0.352 e. The average molecular weight is 367 g/mol. The Morgan fingerprint density at radius 3 is 2.44 bits per heavy atom. The van der Waals surface area contributed by atoms with Crippen LogP contribution in [0.2, 0.25) is 0 Å². The van der Waals surface area contributed by atoms with Crippen molar-refractivity contribution in [1.82, 2.24) is 10.6 Å². The molecule has 2 N–H and O–H groups in total. The Labute approximate surface area is 155 Å². The highest BCUT2D eigenvalue weighted by molar-refractivity contribution is 5.88. The molecule has 0 radical (unpaired) electrons. The van der Waals surface area contributed by atoms with Gasteiger partial charge in [0.1, 0.15) is 5.82 Å². The lowest BCUT2D eigenvalue weighted by atomic mass is 9.68. The summed E-state index contributed by atoms with van der Waals surface area (Å²) in [5, 5.41) is 6.97. The highest BCUT2D eigenvalue weighted by Crippen LogP contribution is 2.40. The number of carbonyl (C=O) groups excluding carboxylic acids is 1. The first-order valence-corrected chi connectivity index (χ1v) is 9.49. The number of amides is 1. The zero-order valence-corrected chi connectivity index (χ0v) is 15.4. The number of benzene rings is 1. The Morgan fingerprint density at radius 1 is 1.12 bits per heavy atom. The fourth-order valence-electron chi connectivity index (χ4n) is 5.09. The summed E-state index contributed by atoms with van der Waals surface area (Å²) in [6, 6.07) is 8.08. The van der Waals surface area contributed by atoms with Crippen molar-refractivity contribution in [3.05, 3.63) is 35.6 Å². The smallest absolute Gasteiger partial charge is 0.230 e. The molecule has 5 heteroatoms. The molecular formula is C20H28ClFN2O. The number of carbonyl (C=O) groups is 1. The van der Waals surface area contributed by atoms with Crippen LogP contribution in [0.4, 0.5) is 4.39 Å². The van der Waals surface area contributed by atoms with Gasteiger partial charge in [-0.1, -0.05) is 31.4 Å². The zero-order valence-electron chi connectivity index (χ0n) is 14.6. The lowest BCUT2D eigenvalue weighted by Gasteiger charge is -2.39. The number of halogens is 2. The SMILES string of the molecule is Cl.O=C(NC1CC2CCC(C1)N2)C1(c2cccc(F)c2)CCCCC1. The van der Waals surface area contributed by atoms with Gasteiger partial charge in [0.2, 0.25) is 5.91 Å². The summed E-state index contributed by atoms with van der Waals surface area (Å²) in [6.07, 6.45) is 9.44. The first-order valence-electron chi connectivity index (χ1n) is 9.49. The molecular weight excluding hydrogens is 339 g/mol. The molecule has 2 aliphatic heterocycles. The molecule has 2 heterocycles. The van der Waals surface area contributed by atoms with Crippen molar-refractivity contribution >= 4 is 18.3 Å². The van der Waals surface area contributed by atoms with Crippen molar-refractivity contribution in [3.63, 3.8) is 0 Å². The van der Waals surface area contributed by atoms with Gasteiger partial charge in [-0.15, -0.1) is 12.4 Å². The van der Waals surface area contributed by atoms with E-state index >= 15 is 0 Å². The van der Waals surface area contributed by atoms with Crippen LogP contribution >= 0.6 is 12.4 Å². The van der Waals surface area contributed by atoms with Crippen LogP contribution in [0.1, 0.15) is 63.4 Å². The summed E-state index contributed by atoms with van der Waals surface area (Å²) < 4.78 is 13.8. The van der Waals surface area contributed by atoms with Crippen molar-refractivity contribution in [2.75, 3.05) is 0 Å². The molecule has 25 heavy (non-hydrogen) atoms. The molecule has 1 aromatic carbocycles. The van der Waals surface area contributed by atoms with E-state index in [4.69, 9.17) is 0 Å². The second-order valence-corrected chi connectivity index (χ2v) is 7.93. The molecule has 3 fully saturated rings. The number of nitrogens with one attached hydrogen (secondary N) is 2. The maximum absolute atomic E-state index is 13.8. The highest BCUT2D eigenvalue weighted by Gasteiger charge is 2.43. The molecule has 2 bridgehead atoms. The van der Waals surface area contributed by atoms with Gasteiger partial charge in [0.25, 0.3) is 0 Å². The third-order valence-corrected chi connectivity index (χ3v) is 6.33. The minimum Gasteiger partial charge on any atom is -0.352 e. The van der Waals surface area contributed by atoms with E-state index in [-0.39, 0.29) is 30.2 Å². The lowest BCUT2D eigenvalue weighted by Crippen LogP contribution is -2.53. The monoisotopic (exact) mass is 366 g/mol. The van der Waals surface area contributed by atoms with Gasteiger partial charge < -0.3 is 10.6 Å². The topological polar surface area (TPSA) is 41.1 Å². The number of fused-ring (bicyclic) bond motifs is 2. The third kappa shape index (κ3) is 3.70. The van der Waals surface area contributed by atoms with Crippen molar-refractivity contribution < 1.29 is 9.18 Å². The quantitative estimate of drug-likeness (QED) is 0.853. The first kappa shape index (κ1) is 18.7. The Hall–Kier alpha value is -1.13. The van der Waals surface area contributed by atoms with Gasteiger partial charge in [-0.2, -0.15) is 0 Å². The standard InChI is InChI=1S/C20H27FN2O.ClH/c21-15-6-4-5-14(11-15)20(9-2-1-3-10-20)19(24)23-18-12-16-7-8-17(13-18)22-16;/h4-6,11,16-18,22H,1-3,7-10,12-13H2,(H,23,24);1H. The molecule has 0 aromatic heterocycles. The van der Waals surface area contributed by atoms with Gasteiger partial charge in [0.15, 0.2) is 0 Å². The van der Waals surface area contributed by atoms with Crippen molar-refractivity contribution in [2.45, 2.75) is 81.3 Å². The molecule has 3 aliphatic rings. The Bertz CT molecular complexity index is 605. The van der Waals surface area contributed by atoms with Crippen molar-refractivity contribution in [3.8, 4) is 0 Å². The fraction of sp³-hybridized carbons (Fsp3) is 0.650. The number of hydrogen-bond donors (Lipinski definition) is 2. The van der Waals surface area contributed by atoms with E-state index in [0.29, 0.717) is 12.1 Å². The first-order chi connectivity index (χ1) is 11.7. The maximum atomic E-state index is 13.8. The normalized spacial score (nSPS) is 30.4. The van der Waals surface area contributed by atoms with E-state index in [1.54, 1.807) is 12.1 Å². The molecule has 138 valence electrons. The number of rotatable bonds is 3. The van der Waals surface area contributed by atoms with Crippen LogP contribution in [0, 0.1) is 5.82 Å². The minimum absolute atomic E-state index is 0. The lowest BCUT2D eigenvalue weighted by molar-refractivity contribution is -0.129. The second-order valence-electron chi connectivity index (χ2n) is 7.93. The molecule has 2 atom stereocenters. The van der Waals surface area contributed by atoms with Crippen LogP contribution in [0.5, 0.6) is 0 Å². The summed E-state index contributed by atoms with van der Waals surface area (Å²) >= 11 is 0. The molecule has 0 spiro atoms. The molecule has 3 nitrogen and oxygen atoms in total. The van der Waals surface area contributed by atoms with Crippen LogP contribution < -0.4 is 10.6 Å². The van der Waals surface area contributed by atoms with E-state index in [9.17, 15) is 9.18 Å². The van der Waals surface area contributed by atoms with Gasteiger partial charge in [0, 0.05) is 18.1 Å². The van der Waals surface area contributed by atoms with Crippen LogP contribution in [0.3, 0.4) is 0 Å². The van der Waals surface area contributed by atoms with Gasteiger partial charge >= 0.3 is 0 Å². The number of hydrogen-bond acceptors (Lipinski definition) is 2. The number of piperidine rings is 1. The molecule has 1 aliphatic carbocycles. The van der Waals surface area contributed by atoms with Gasteiger partial charge in [-0.25, -0.2) is 4.39 Å². The Balaban J connectivity index is 0.00000182. The predicted molar refractivity (Wildman–Crippen MR) is 99.5 cm³/mol. The van der Waals surface area contributed by atoms with E-state index < -0.39 is 5.41 Å². The summed E-state index contributed by atoms with van der Waals surface area (Å²) in [5.74, 6) is -0.121. The minimum atomic E-state index is -0.537. The molecule has 1 amide bonds. The molecule has 1 saturated carbocycles. The summed E-state index contributed by atoms with van der Waals surface area (Å²) in [5.41, 5.74) is 0.321. The van der Waals surface area contributed by atoms with Crippen LogP contribution in [0.15, 0.2) is 24.3 Å². The van der Waals surface area contributed by atoms with Crippen LogP contribution in [-0.2, 0) is 10.2 Å². The fourth-order valence-corrected chi connectivity index (χ4v) is 5.09. The summed E-state index contributed by atoms with van der Waals surface area (Å²) in [6.45, 7) is 0. The van der Waals surface area contributed by atoms with E-state index in [2.05, 4.69) is 10.6 Å². The van der Waals surface area contributed by atoms with Crippen LogP contribution in [0.25, 0.3) is 0 Å². The van der Waals surface area contributed by atoms with Crippen molar-refractivity contribution in [1.29, 1.82) is 0 Å². The van der Waals surface area contributed by atoms with Gasteiger partial charge in [-0.05, 0) is 56.2 Å². The van der Waals surface area contributed by atoms with E-state index in [1.807, 2.05) is 6.07 Å². The summed E-state index contributed by atoms with van der Waals surface area (Å²) in [7, 11) is 0. The molecule has 1 aromatic rings. The highest BCUT2D eigenvalue weighted by atomic mass is 35.5. The summed E-state index contributed by atoms with van der Waals surface area (Å²) in [4.78, 5) is 13.3.